The SMILES string of the molecule is Cc1ccccc1-c1nn(C2CCCCCC2)cc1C=O. The van der Waals surface area contributed by atoms with Crippen LogP contribution in [0, 0.1) is 6.92 Å². The maximum absolute atomic E-state index is 11.4. The van der Waals surface area contributed by atoms with Gasteiger partial charge in [-0.2, -0.15) is 5.10 Å². The third-order valence-corrected chi connectivity index (χ3v) is 4.49. The maximum atomic E-state index is 11.4. The van der Waals surface area contributed by atoms with Gasteiger partial charge in [0.1, 0.15) is 5.69 Å². The van der Waals surface area contributed by atoms with E-state index in [1.807, 2.05) is 29.1 Å². The summed E-state index contributed by atoms with van der Waals surface area (Å²) in [5, 5.41) is 4.76. The first-order valence-electron chi connectivity index (χ1n) is 7.90. The molecular formula is C18H22N2O. The molecule has 3 rings (SSSR count). The molecular weight excluding hydrogens is 260 g/mol. The smallest absolute Gasteiger partial charge is 0.153 e. The van der Waals surface area contributed by atoms with Crippen LogP contribution in [0.5, 0.6) is 0 Å². The standard InChI is InChI=1S/C18H22N2O/c1-14-8-6-7-11-17(14)18-15(13-21)12-20(19-18)16-9-4-2-3-5-10-16/h6-8,11-13,16H,2-5,9-10H2,1H3. The third kappa shape index (κ3) is 2.92. The number of benzene rings is 1. The molecule has 0 bridgehead atoms. The first-order chi connectivity index (χ1) is 10.3. The van der Waals surface area contributed by atoms with Crippen LogP contribution in [0.2, 0.25) is 0 Å². The number of carbonyl (C=O) groups is 1. The van der Waals surface area contributed by atoms with Crippen LogP contribution in [-0.4, -0.2) is 16.1 Å². The molecule has 0 radical (unpaired) electrons. The lowest BCUT2D eigenvalue weighted by atomic mass is 10.0. The van der Waals surface area contributed by atoms with Crippen LogP contribution in [-0.2, 0) is 0 Å². The van der Waals surface area contributed by atoms with Crippen LogP contribution in [0.3, 0.4) is 0 Å². The normalized spacial score (nSPS) is 16.6. The van der Waals surface area contributed by atoms with Gasteiger partial charge in [-0.25, -0.2) is 0 Å². The minimum Gasteiger partial charge on any atom is -0.298 e. The van der Waals surface area contributed by atoms with E-state index < -0.39 is 0 Å². The molecule has 0 aliphatic heterocycles. The predicted molar refractivity (Wildman–Crippen MR) is 84.5 cm³/mol. The van der Waals surface area contributed by atoms with E-state index in [1.165, 1.54) is 38.5 Å². The summed E-state index contributed by atoms with van der Waals surface area (Å²) >= 11 is 0. The lowest BCUT2D eigenvalue weighted by molar-refractivity contribution is 0.112. The molecule has 3 heteroatoms. The van der Waals surface area contributed by atoms with Gasteiger partial charge < -0.3 is 0 Å². The van der Waals surface area contributed by atoms with Gasteiger partial charge in [-0.3, -0.25) is 9.48 Å². The Hall–Kier alpha value is -1.90. The topological polar surface area (TPSA) is 34.9 Å². The molecule has 0 unspecified atom stereocenters. The number of aromatic nitrogens is 2. The highest BCUT2D eigenvalue weighted by Crippen LogP contribution is 2.30. The molecule has 0 amide bonds. The summed E-state index contributed by atoms with van der Waals surface area (Å²) < 4.78 is 2.04. The highest BCUT2D eigenvalue weighted by molar-refractivity contribution is 5.86. The van der Waals surface area contributed by atoms with Crippen molar-refractivity contribution in [1.29, 1.82) is 0 Å². The molecule has 0 N–H and O–H groups in total. The van der Waals surface area contributed by atoms with Crippen molar-refractivity contribution in [3.8, 4) is 11.3 Å². The number of carbonyl (C=O) groups excluding carboxylic acids is 1. The van der Waals surface area contributed by atoms with Crippen molar-refractivity contribution in [2.45, 2.75) is 51.5 Å². The van der Waals surface area contributed by atoms with Crippen molar-refractivity contribution in [2.75, 3.05) is 0 Å². The van der Waals surface area contributed by atoms with E-state index in [0.717, 1.165) is 23.1 Å². The molecule has 21 heavy (non-hydrogen) atoms. The monoisotopic (exact) mass is 282 g/mol. The van der Waals surface area contributed by atoms with Crippen molar-refractivity contribution in [3.05, 3.63) is 41.6 Å². The fourth-order valence-electron chi connectivity index (χ4n) is 3.25. The Labute approximate surface area is 126 Å². The van der Waals surface area contributed by atoms with Gasteiger partial charge in [-0.05, 0) is 25.3 Å². The predicted octanol–water partition coefficient (Wildman–Crippen LogP) is 4.57. The highest BCUT2D eigenvalue weighted by Gasteiger charge is 2.19. The van der Waals surface area contributed by atoms with E-state index >= 15 is 0 Å². The van der Waals surface area contributed by atoms with Crippen molar-refractivity contribution in [3.63, 3.8) is 0 Å². The van der Waals surface area contributed by atoms with E-state index in [4.69, 9.17) is 5.10 Å². The van der Waals surface area contributed by atoms with Gasteiger partial charge in [0.05, 0.1) is 11.6 Å². The van der Waals surface area contributed by atoms with Crippen LogP contribution in [0.4, 0.5) is 0 Å². The van der Waals surface area contributed by atoms with E-state index in [2.05, 4.69) is 13.0 Å². The Morgan fingerprint density at radius 2 is 1.86 bits per heavy atom. The van der Waals surface area contributed by atoms with Gasteiger partial charge >= 0.3 is 0 Å². The minimum atomic E-state index is 0.448. The Balaban J connectivity index is 1.98. The van der Waals surface area contributed by atoms with E-state index in [0.29, 0.717) is 11.6 Å². The Bertz CT molecular complexity index is 622. The highest BCUT2D eigenvalue weighted by atomic mass is 16.1. The second-order valence-electron chi connectivity index (χ2n) is 5.99. The second kappa shape index (κ2) is 6.25. The second-order valence-corrected chi connectivity index (χ2v) is 5.99. The number of rotatable bonds is 3. The molecule has 110 valence electrons. The van der Waals surface area contributed by atoms with E-state index in [-0.39, 0.29) is 0 Å². The first kappa shape index (κ1) is 14.1. The fraction of sp³-hybridized carbons (Fsp3) is 0.444. The zero-order chi connectivity index (χ0) is 14.7. The summed E-state index contributed by atoms with van der Waals surface area (Å²) in [6.07, 6.45) is 10.4. The zero-order valence-corrected chi connectivity index (χ0v) is 12.6. The maximum Gasteiger partial charge on any atom is 0.153 e. The number of hydrogen-bond acceptors (Lipinski definition) is 2. The zero-order valence-electron chi connectivity index (χ0n) is 12.6. The molecule has 2 aromatic rings. The van der Waals surface area contributed by atoms with E-state index in [9.17, 15) is 4.79 Å². The van der Waals surface area contributed by atoms with Crippen LogP contribution in [0.1, 0.15) is 60.5 Å². The van der Waals surface area contributed by atoms with Gasteiger partial charge in [0.15, 0.2) is 6.29 Å². The van der Waals surface area contributed by atoms with E-state index in [1.54, 1.807) is 0 Å². The third-order valence-electron chi connectivity index (χ3n) is 4.49. The van der Waals surface area contributed by atoms with Crippen LogP contribution in [0.15, 0.2) is 30.5 Å². The largest absolute Gasteiger partial charge is 0.298 e. The number of nitrogens with zero attached hydrogens (tertiary/aromatic N) is 2. The van der Waals surface area contributed by atoms with Gasteiger partial charge in [0.25, 0.3) is 0 Å². The summed E-state index contributed by atoms with van der Waals surface area (Å²) in [4.78, 5) is 11.4. The van der Waals surface area contributed by atoms with Crippen molar-refractivity contribution >= 4 is 6.29 Å². The van der Waals surface area contributed by atoms with Crippen LogP contribution in [0.25, 0.3) is 11.3 Å². The Morgan fingerprint density at radius 3 is 2.52 bits per heavy atom. The molecule has 3 nitrogen and oxygen atoms in total. The van der Waals surface area contributed by atoms with Crippen molar-refractivity contribution in [2.24, 2.45) is 0 Å². The van der Waals surface area contributed by atoms with Gasteiger partial charge in [-0.1, -0.05) is 49.9 Å². The quantitative estimate of drug-likeness (QED) is 0.610. The summed E-state index contributed by atoms with van der Waals surface area (Å²) in [6, 6.07) is 8.57. The molecule has 0 atom stereocenters. The molecule has 0 spiro atoms. The summed E-state index contributed by atoms with van der Waals surface area (Å²) in [5.41, 5.74) is 3.75. The average Bonchev–Trinajstić information content (AvgIpc) is 2.74. The molecule has 1 aromatic carbocycles. The average molecular weight is 282 g/mol. The Kier molecular flexibility index (Phi) is 4.18. The van der Waals surface area contributed by atoms with Crippen LogP contribution < -0.4 is 0 Å². The van der Waals surface area contributed by atoms with Crippen LogP contribution >= 0.6 is 0 Å². The fourth-order valence-corrected chi connectivity index (χ4v) is 3.25. The lowest BCUT2D eigenvalue weighted by Crippen LogP contribution is -2.08. The summed E-state index contributed by atoms with van der Waals surface area (Å²) in [7, 11) is 0. The Morgan fingerprint density at radius 1 is 1.14 bits per heavy atom. The van der Waals surface area contributed by atoms with Gasteiger partial charge in [0, 0.05) is 11.8 Å². The molecule has 1 aromatic heterocycles. The number of aryl methyl sites for hydroxylation is 1. The molecule has 1 fully saturated rings. The molecule has 1 aliphatic rings. The number of aldehydes is 1. The summed E-state index contributed by atoms with van der Waals surface area (Å²) in [5.74, 6) is 0. The van der Waals surface area contributed by atoms with Crippen molar-refractivity contribution < 1.29 is 4.79 Å². The molecule has 0 saturated heterocycles. The lowest BCUT2D eigenvalue weighted by Gasteiger charge is -2.14. The minimum absolute atomic E-state index is 0.448. The number of hydrogen-bond donors (Lipinski definition) is 0. The van der Waals surface area contributed by atoms with Crippen molar-refractivity contribution in [1.82, 2.24) is 9.78 Å². The first-order valence-corrected chi connectivity index (χ1v) is 7.90. The van der Waals surface area contributed by atoms with Gasteiger partial charge in [-0.15, -0.1) is 0 Å². The van der Waals surface area contributed by atoms with Gasteiger partial charge in [0.2, 0.25) is 0 Å². The molecule has 1 saturated carbocycles. The summed E-state index contributed by atoms with van der Waals surface area (Å²) in [6.45, 7) is 2.06. The molecule has 1 aliphatic carbocycles. The molecule has 1 heterocycles.